The van der Waals surface area contributed by atoms with Gasteiger partial charge in [0.25, 0.3) is 0 Å². The number of para-hydroxylation sites is 1. The van der Waals surface area contributed by atoms with Crippen LogP contribution in [0.3, 0.4) is 0 Å². The number of rotatable bonds is 3. The summed E-state index contributed by atoms with van der Waals surface area (Å²) in [6.07, 6.45) is 6.55. The number of hydrogen-bond acceptors (Lipinski definition) is 4. The average Bonchev–Trinajstić information content (AvgIpc) is 3.14. The van der Waals surface area contributed by atoms with E-state index < -0.39 is 0 Å². The van der Waals surface area contributed by atoms with Gasteiger partial charge in [0.15, 0.2) is 4.77 Å². The zero-order chi connectivity index (χ0) is 15.8. The second-order valence-electron chi connectivity index (χ2n) is 6.24. The highest BCUT2D eigenvalue weighted by atomic mass is 32.1. The molecule has 3 heterocycles. The van der Waals surface area contributed by atoms with Crippen LogP contribution >= 0.6 is 23.6 Å². The zero-order valence-electron chi connectivity index (χ0n) is 13.2. The maximum atomic E-state index is 5.45. The van der Waals surface area contributed by atoms with Gasteiger partial charge in [-0.3, -0.25) is 4.90 Å². The van der Waals surface area contributed by atoms with Gasteiger partial charge in [0, 0.05) is 31.9 Å². The van der Waals surface area contributed by atoms with Crippen molar-refractivity contribution in [3.8, 4) is 0 Å². The Balaban J connectivity index is 1.52. The van der Waals surface area contributed by atoms with Crippen LogP contribution in [0.1, 0.15) is 23.8 Å². The zero-order valence-corrected chi connectivity index (χ0v) is 14.8. The maximum absolute atomic E-state index is 5.45. The van der Waals surface area contributed by atoms with Crippen LogP contribution in [0.15, 0.2) is 36.7 Å². The molecule has 0 spiro atoms. The highest BCUT2D eigenvalue weighted by Gasteiger charge is 2.24. The van der Waals surface area contributed by atoms with Crippen LogP contribution in [0.25, 0.3) is 10.2 Å². The van der Waals surface area contributed by atoms with E-state index in [1.54, 1.807) is 0 Å². The molecule has 0 unspecified atom stereocenters. The van der Waals surface area contributed by atoms with Crippen LogP contribution in [0.2, 0.25) is 0 Å². The second-order valence-corrected chi connectivity index (χ2v) is 7.67. The van der Waals surface area contributed by atoms with Gasteiger partial charge in [-0.1, -0.05) is 12.1 Å². The largest absolute Gasteiger partial charge is 0.327 e. The van der Waals surface area contributed by atoms with E-state index in [0.29, 0.717) is 5.92 Å². The molecule has 0 saturated carbocycles. The van der Waals surface area contributed by atoms with Crippen molar-refractivity contribution in [3.63, 3.8) is 0 Å². The third-order valence-corrected chi connectivity index (χ3v) is 6.26. The van der Waals surface area contributed by atoms with Crippen LogP contribution in [0.5, 0.6) is 0 Å². The summed E-state index contributed by atoms with van der Waals surface area (Å²) in [5, 5.41) is 1.28. The van der Waals surface area contributed by atoms with E-state index >= 15 is 0 Å². The first-order valence-electron chi connectivity index (χ1n) is 8.00. The lowest BCUT2D eigenvalue weighted by Crippen LogP contribution is -2.35. The first-order chi connectivity index (χ1) is 11.2. The molecule has 3 aromatic rings. The molecular weight excluding hydrogens is 324 g/mol. The first-order valence-corrected chi connectivity index (χ1v) is 9.23. The molecule has 1 aliphatic rings. The number of aryl methyl sites for hydroxylation is 1. The highest BCUT2D eigenvalue weighted by Crippen LogP contribution is 2.33. The number of aromatic nitrogens is 3. The monoisotopic (exact) mass is 344 g/mol. The Hall–Kier alpha value is -1.50. The van der Waals surface area contributed by atoms with Crippen LogP contribution < -0.4 is 0 Å². The molecule has 0 aliphatic carbocycles. The summed E-state index contributed by atoms with van der Waals surface area (Å²) in [5.74, 6) is 0.541. The quantitative estimate of drug-likeness (QED) is 0.672. The van der Waals surface area contributed by atoms with E-state index in [-0.39, 0.29) is 0 Å². The third-order valence-electron chi connectivity index (χ3n) is 4.54. The van der Waals surface area contributed by atoms with Crippen LogP contribution in [-0.4, -0.2) is 32.1 Å². The molecule has 23 heavy (non-hydrogen) atoms. The van der Waals surface area contributed by atoms with E-state index in [9.17, 15) is 0 Å². The number of hydrogen-bond donors (Lipinski definition) is 0. The van der Waals surface area contributed by atoms with Gasteiger partial charge in [0.2, 0.25) is 0 Å². The smallest absolute Gasteiger partial charge is 0.180 e. The maximum Gasteiger partial charge on any atom is 0.180 e. The summed E-state index contributed by atoms with van der Waals surface area (Å²) in [6, 6.07) is 8.43. The third kappa shape index (κ3) is 2.98. The van der Waals surface area contributed by atoms with Crippen molar-refractivity contribution in [1.29, 1.82) is 0 Å². The summed E-state index contributed by atoms with van der Waals surface area (Å²) in [4.78, 5) is 7.36. The van der Waals surface area contributed by atoms with E-state index in [0.717, 1.165) is 30.0 Å². The fourth-order valence-electron chi connectivity index (χ4n) is 3.28. The number of fused-ring (bicyclic) bond motifs is 1. The molecule has 0 amide bonds. The minimum absolute atomic E-state index is 0.541. The van der Waals surface area contributed by atoms with Crippen molar-refractivity contribution in [2.75, 3.05) is 13.1 Å². The molecule has 1 atom stereocenters. The second kappa shape index (κ2) is 6.19. The topological polar surface area (TPSA) is 26.0 Å². The molecular formula is C17H20N4S2. The molecule has 0 bridgehead atoms. The molecule has 1 saturated heterocycles. The fourth-order valence-corrected chi connectivity index (χ4v) is 4.56. The molecule has 6 heteroatoms. The van der Waals surface area contributed by atoms with Crippen LogP contribution in [0.4, 0.5) is 0 Å². The summed E-state index contributed by atoms with van der Waals surface area (Å²) >= 11 is 7.30. The molecule has 4 nitrogen and oxygen atoms in total. The number of nitrogens with zero attached hydrogens (tertiary/aromatic N) is 4. The molecule has 0 radical (unpaired) electrons. The van der Waals surface area contributed by atoms with Crippen molar-refractivity contribution in [2.24, 2.45) is 7.05 Å². The van der Waals surface area contributed by atoms with Gasteiger partial charge >= 0.3 is 0 Å². The molecule has 120 valence electrons. The Labute approximate surface area is 145 Å². The summed E-state index contributed by atoms with van der Waals surface area (Å²) in [7, 11) is 2.00. The summed E-state index contributed by atoms with van der Waals surface area (Å²) in [6.45, 7) is 3.08. The van der Waals surface area contributed by atoms with Crippen molar-refractivity contribution >= 4 is 33.8 Å². The molecule has 1 aromatic carbocycles. The molecule has 4 rings (SSSR count). The Morgan fingerprint density at radius 3 is 2.96 bits per heavy atom. The van der Waals surface area contributed by atoms with E-state index in [1.165, 1.54) is 22.5 Å². The van der Waals surface area contributed by atoms with Crippen LogP contribution in [0, 0.1) is 4.77 Å². The molecule has 0 N–H and O–H groups in total. The average molecular weight is 345 g/mol. The number of imidazole rings is 1. The van der Waals surface area contributed by atoms with Gasteiger partial charge in [-0.15, -0.1) is 11.3 Å². The lowest BCUT2D eigenvalue weighted by molar-refractivity contribution is 0.164. The van der Waals surface area contributed by atoms with E-state index in [1.807, 2.05) is 29.1 Å². The standard InChI is InChI=1S/C17H20N4S2/c1-19-9-10-21(17(19)22)12-20-8-4-5-13(11-20)16-18-14-6-2-3-7-15(14)23-16/h2-3,6-7,9-10,13H,4-5,8,11-12H2,1H3/t13-/m1/s1. The molecule has 2 aromatic heterocycles. The SMILES string of the molecule is Cn1ccn(CN2CCC[C@@H](c3nc4ccccc4s3)C2)c1=S. The van der Waals surface area contributed by atoms with Crippen LogP contribution in [-0.2, 0) is 13.7 Å². The lowest BCUT2D eigenvalue weighted by Gasteiger charge is -2.31. The molecule has 1 aliphatic heterocycles. The van der Waals surface area contributed by atoms with Crippen molar-refractivity contribution in [3.05, 3.63) is 46.4 Å². The van der Waals surface area contributed by atoms with Gasteiger partial charge in [-0.25, -0.2) is 4.98 Å². The number of piperidine rings is 1. The number of thiazole rings is 1. The number of likely N-dealkylation sites (tertiary alicyclic amines) is 1. The fraction of sp³-hybridized carbons (Fsp3) is 0.412. The Bertz CT molecular complexity index is 843. The Morgan fingerprint density at radius 1 is 1.30 bits per heavy atom. The van der Waals surface area contributed by atoms with Gasteiger partial charge in [0.1, 0.15) is 0 Å². The number of benzene rings is 1. The first kappa shape index (κ1) is 15.1. The minimum Gasteiger partial charge on any atom is -0.327 e. The van der Waals surface area contributed by atoms with E-state index in [4.69, 9.17) is 17.2 Å². The highest BCUT2D eigenvalue weighted by molar-refractivity contribution is 7.71. The molecule has 1 fully saturated rings. The normalized spacial score (nSPS) is 19.4. The predicted molar refractivity (Wildman–Crippen MR) is 97.4 cm³/mol. The van der Waals surface area contributed by atoms with Gasteiger partial charge in [-0.05, 0) is 43.7 Å². The van der Waals surface area contributed by atoms with Crippen molar-refractivity contribution in [1.82, 2.24) is 19.0 Å². The summed E-state index contributed by atoms with van der Waals surface area (Å²) < 4.78 is 6.32. The van der Waals surface area contributed by atoms with Crippen molar-refractivity contribution < 1.29 is 0 Å². The summed E-state index contributed by atoms with van der Waals surface area (Å²) in [5.41, 5.74) is 1.13. The van der Waals surface area contributed by atoms with Crippen molar-refractivity contribution in [2.45, 2.75) is 25.4 Å². The lowest BCUT2D eigenvalue weighted by atomic mass is 9.99. The minimum atomic E-state index is 0.541. The van der Waals surface area contributed by atoms with E-state index in [2.05, 4.69) is 39.9 Å². The Kier molecular flexibility index (Phi) is 4.05. The van der Waals surface area contributed by atoms with Gasteiger partial charge < -0.3 is 9.13 Å². The van der Waals surface area contributed by atoms with Gasteiger partial charge in [-0.2, -0.15) is 0 Å². The predicted octanol–water partition coefficient (Wildman–Crippen LogP) is 4.00. The van der Waals surface area contributed by atoms with Gasteiger partial charge in [0.05, 0.1) is 21.9 Å². The Morgan fingerprint density at radius 2 is 2.17 bits per heavy atom.